The number of nitrogens with zero attached hydrogens (tertiary/aromatic N) is 1. The van der Waals surface area contributed by atoms with Crippen LogP contribution in [-0.4, -0.2) is 12.0 Å². The average molecular weight is 426 g/mol. The molecule has 0 heterocycles. The number of hydrogen-bond donors (Lipinski definition) is 0. The summed E-state index contributed by atoms with van der Waals surface area (Å²) < 4.78 is 0. The number of allylic oxidation sites excluding steroid dienone is 1. The molecule has 0 amide bonds. The lowest BCUT2D eigenvalue weighted by Gasteiger charge is -2.31. The maximum Gasteiger partial charge on any atom is 0.0858 e. The Morgan fingerprint density at radius 3 is 2.10 bits per heavy atom. The van der Waals surface area contributed by atoms with Crippen LogP contribution in [0.15, 0.2) is 85.5 Å². The molecule has 7 rings (SSSR count). The number of thiocarbonyl (C=S) groups is 1. The summed E-state index contributed by atoms with van der Waals surface area (Å²) in [6.07, 6.45) is 6.20. The molecule has 0 fully saturated rings. The zero-order valence-corrected chi connectivity index (χ0v) is 19.4. The normalized spacial score (nSPS) is 14.9. The molecule has 0 saturated carbocycles. The van der Waals surface area contributed by atoms with E-state index in [9.17, 15) is 0 Å². The lowest BCUT2D eigenvalue weighted by molar-refractivity contribution is 0.679. The largest absolute Gasteiger partial charge is 0.339 e. The summed E-state index contributed by atoms with van der Waals surface area (Å²) in [5.41, 5.74) is 8.05. The smallest absolute Gasteiger partial charge is 0.0858 e. The Bertz CT molecular complexity index is 1050. The third-order valence-corrected chi connectivity index (χ3v) is 7.26. The molecular formula is C29H31NS. The van der Waals surface area contributed by atoms with Gasteiger partial charge in [0.2, 0.25) is 0 Å². The minimum Gasteiger partial charge on any atom is -0.339 e. The van der Waals surface area contributed by atoms with Crippen molar-refractivity contribution in [1.82, 2.24) is 0 Å². The van der Waals surface area contributed by atoms with Crippen LogP contribution in [0.3, 0.4) is 0 Å². The van der Waals surface area contributed by atoms with Crippen molar-refractivity contribution in [2.75, 3.05) is 11.9 Å². The molecule has 4 bridgehead atoms. The van der Waals surface area contributed by atoms with E-state index in [1.54, 1.807) is 0 Å². The van der Waals surface area contributed by atoms with E-state index in [2.05, 4.69) is 98.2 Å². The molecule has 3 aromatic rings. The van der Waals surface area contributed by atoms with Gasteiger partial charge >= 0.3 is 0 Å². The van der Waals surface area contributed by atoms with Crippen LogP contribution in [0.5, 0.6) is 0 Å². The van der Waals surface area contributed by atoms with E-state index in [1.165, 1.54) is 33.5 Å². The second kappa shape index (κ2) is 9.62. The SMILES string of the molecule is C=C[C@@H](c1ccccc1)[C@@H](C)C(=S)N(C)c1cc2ccc1CCc1ccc(cc1)CC2. The van der Waals surface area contributed by atoms with Gasteiger partial charge < -0.3 is 4.90 Å². The Labute approximate surface area is 192 Å². The first-order valence-electron chi connectivity index (χ1n) is 11.2. The molecule has 3 aromatic carbocycles. The lowest BCUT2D eigenvalue weighted by Crippen LogP contribution is -2.33. The fraction of sp³-hybridized carbons (Fsp3) is 0.276. The molecule has 0 spiro atoms. The summed E-state index contributed by atoms with van der Waals surface area (Å²) >= 11 is 6.04. The summed E-state index contributed by atoms with van der Waals surface area (Å²) in [5.74, 6) is 0.383. The van der Waals surface area contributed by atoms with Crippen molar-refractivity contribution in [1.29, 1.82) is 0 Å². The van der Waals surface area contributed by atoms with E-state index in [0.29, 0.717) is 0 Å². The molecule has 0 aromatic heterocycles. The van der Waals surface area contributed by atoms with Crippen LogP contribution in [0.4, 0.5) is 5.69 Å². The first kappa shape index (κ1) is 21.5. The first-order valence-corrected chi connectivity index (χ1v) is 11.6. The molecule has 4 aliphatic rings. The third kappa shape index (κ3) is 4.80. The Hall–Kier alpha value is -2.71. The Kier molecular flexibility index (Phi) is 6.67. The van der Waals surface area contributed by atoms with Gasteiger partial charge in [-0.2, -0.15) is 0 Å². The van der Waals surface area contributed by atoms with Crippen molar-refractivity contribution in [3.05, 3.63) is 113 Å². The van der Waals surface area contributed by atoms with Crippen molar-refractivity contribution >= 4 is 22.9 Å². The summed E-state index contributed by atoms with van der Waals surface area (Å²) in [6.45, 7) is 6.33. The minimum absolute atomic E-state index is 0.182. The molecule has 0 N–H and O–H groups in total. The Balaban J connectivity index is 1.62. The van der Waals surface area contributed by atoms with Crippen LogP contribution in [0, 0.1) is 5.92 Å². The molecule has 2 atom stereocenters. The minimum atomic E-state index is 0.182. The van der Waals surface area contributed by atoms with Crippen molar-refractivity contribution in [3.63, 3.8) is 0 Å². The van der Waals surface area contributed by atoms with Crippen LogP contribution in [0.25, 0.3) is 0 Å². The summed E-state index contributed by atoms with van der Waals surface area (Å²) in [4.78, 5) is 3.20. The van der Waals surface area contributed by atoms with Crippen LogP contribution in [0.1, 0.15) is 40.7 Å². The monoisotopic (exact) mass is 425 g/mol. The molecule has 0 radical (unpaired) electrons. The fourth-order valence-electron chi connectivity index (χ4n) is 4.61. The predicted molar refractivity (Wildman–Crippen MR) is 137 cm³/mol. The highest BCUT2D eigenvalue weighted by atomic mass is 32.1. The number of anilines is 1. The number of rotatable bonds is 5. The zero-order valence-electron chi connectivity index (χ0n) is 18.6. The molecule has 1 nitrogen and oxygen atoms in total. The van der Waals surface area contributed by atoms with Gasteiger partial charge in [0, 0.05) is 24.6 Å². The van der Waals surface area contributed by atoms with Gasteiger partial charge in [0.15, 0.2) is 0 Å². The second-order valence-corrected chi connectivity index (χ2v) is 9.06. The highest BCUT2D eigenvalue weighted by Gasteiger charge is 2.24. The van der Waals surface area contributed by atoms with Crippen LogP contribution < -0.4 is 4.90 Å². The van der Waals surface area contributed by atoms with Crippen LogP contribution in [-0.2, 0) is 25.7 Å². The molecule has 158 valence electrons. The molecular weight excluding hydrogens is 394 g/mol. The van der Waals surface area contributed by atoms with E-state index in [-0.39, 0.29) is 11.8 Å². The van der Waals surface area contributed by atoms with Crippen molar-refractivity contribution in [2.45, 2.75) is 38.5 Å². The van der Waals surface area contributed by atoms with Gasteiger partial charge in [0.25, 0.3) is 0 Å². The van der Waals surface area contributed by atoms with E-state index < -0.39 is 0 Å². The third-order valence-electron chi connectivity index (χ3n) is 6.62. The summed E-state index contributed by atoms with van der Waals surface area (Å²) in [7, 11) is 2.13. The van der Waals surface area contributed by atoms with Gasteiger partial charge in [-0.05, 0) is 59.6 Å². The predicted octanol–water partition coefficient (Wildman–Crippen LogP) is 6.94. The standard InChI is InChI=1S/C29H31NS/c1-4-27(25-8-6-5-7-9-25)21(2)29(31)30(3)28-20-24-15-14-22-10-12-23(13-11-22)16-18-26(28)19-17-24/h4-13,17,19-21,27H,1,14-16,18H2,2-3H3/t21-,27-/m1/s1. The van der Waals surface area contributed by atoms with Gasteiger partial charge in [-0.1, -0.05) is 91.9 Å². The maximum absolute atomic E-state index is 6.04. The second-order valence-electron chi connectivity index (χ2n) is 8.64. The molecule has 0 aliphatic heterocycles. The quantitative estimate of drug-likeness (QED) is 0.322. The van der Waals surface area contributed by atoms with Gasteiger partial charge in [-0.25, -0.2) is 0 Å². The lowest BCUT2D eigenvalue weighted by atomic mass is 9.86. The average Bonchev–Trinajstić information content (AvgIpc) is 2.81. The highest BCUT2D eigenvalue weighted by Crippen LogP contribution is 2.32. The van der Waals surface area contributed by atoms with Gasteiger partial charge in [0.1, 0.15) is 0 Å². The van der Waals surface area contributed by atoms with Crippen molar-refractivity contribution < 1.29 is 0 Å². The van der Waals surface area contributed by atoms with Crippen LogP contribution >= 0.6 is 12.2 Å². The zero-order chi connectivity index (χ0) is 21.8. The van der Waals surface area contributed by atoms with E-state index in [1.807, 2.05) is 6.08 Å². The van der Waals surface area contributed by atoms with Crippen LogP contribution in [0.2, 0.25) is 0 Å². The maximum atomic E-state index is 6.04. The van der Waals surface area contributed by atoms with Gasteiger partial charge in [-0.3, -0.25) is 0 Å². The van der Waals surface area contributed by atoms with Gasteiger partial charge in [-0.15, -0.1) is 6.58 Å². The van der Waals surface area contributed by atoms with Crippen molar-refractivity contribution in [3.8, 4) is 0 Å². The summed E-state index contributed by atoms with van der Waals surface area (Å²) in [5, 5.41) is 0. The van der Waals surface area contributed by atoms with E-state index in [0.717, 1.165) is 30.7 Å². The van der Waals surface area contributed by atoms with E-state index >= 15 is 0 Å². The first-order chi connectivity index (χ1) is 15.1. The number of benzene rings is 3. The number of hydrogen-bond acceptors (Lipinski definition) is 1. The van der Waals surface area contributed by atoms with Crippen molar-refractivity contribution in [2.24, 2.45) is 5.92 Å². The number of aryl methyl sites for hydroxylation is 4. The topological polar surface area (TPSA) is 3.24 Å². The van der Waals surface area contributed by atoms with Gasteiger partial charge in [0.05, 0.1) is 4.99 Å². The summed E-state index contributed by atoms with van der Waals surface area (Å²) in [6, 6.07) is 26.7. The molecule has 2 heteroatoms. The fourth-order valence-corrected chi connectivity index (χ4v) is 4.86. The highest BCUT2D eigenvalue weighted by molar-refractivity contribution is 7.80. The molecule has 31 heavy (non-hydrogen) atoms. The molecule has 0 saturated heterocycles. The molecule has 0 unspecified atom stereocenters. The molecule has 4 aliphatic carbocycles. The Morgan fingerprint density at radius 1 is 0.871 bits per heavy atom. The van der Waals surface area contributed by atoms with E-state index in [4.69, 9.17) is 12.2 Å². The Morgan fingerprint density at radius 2 is 1.45 bits per heavy atom.